The highest BCUT2D eigenvalue weighted by Crippen LogP contribution is 2.65. The summed E-state index contributed by atoms with van der Waals surface area (Å²) in [6.07, 6.45) is 12.9. The lowest BCUT2D eigenvalue weighted by molar-refractivity contribution is -0.127. The number of allylic oxidation sites excluding steroid dienone is 4. The van der Waals surface area contributed by atoms with E-state index in [0.29, 0.717) is 35.7 Å². The van der Waals surface area contributed by atoms with Crippen LogP contribution in [0.2, 0.25) is 0 Å². The largest absolute Gasteiger partial charge is 0.300 e. The Labute approximate surface area is 139 Å². The highest BCUT2D eigenvalue weighted by atomic mass is 16.1. The molecule has 4 aliphatic carbocycles. The second-order valence-corrected chi connectivity index (χ2v) is 8.92. The van der Waals surface area contributed by atoms with E-state index in [1.807, 2.05) is 6.08 Å². The molecule has 4 rings (SSSR count). The summed E-state index contributed by atoms with van der Waals surface area (Å²) in [7, 11) is 0. The molecule has 4 aliphatic rings. The second-order valence-electron chi connectivity index (χ2n) is 8.92. The van der Waals surface area contributed by atoms with Gasteiger partial charge in [-0.2, -0.15) is 0 Å². The van der Waals surface area contributed by atoms with E-state index in [1.54, 1.807) is 6.92 Å². The molecular weight excluding hydrogens is 284 g/mol. The van der Waals surface area contributed by atoms with Crippen LogP contribution in [0.3, 0.4) is 0 Å². The Balaban J connectivity index is 1.72. The van der Waals surface area contributed by atoms with Gasteiger partial charge in [0.15, 0.2) is 5.78 Å². The minimum absolute atomic E-state index is 0.170. The molecule has 0 aromatic rings. The minimum Gasteiger partial charge on any atom is -0.300 e. The fraction of sp³-hybridized carbons (Fsp3) is 0.714. The molecule has 2 fully saturated rings. The van der Waals surface area contributed by atoms with Crippen molar-refractivity contribution in [3.8, 4) is 0 Å². The zero-order valence-corrected chi connectivity index (χ0v) is 14.6. The van der Waals surface area contributed by atoms with Crippen LogP contribution in [0.25, 0.3) is 0 Å². The first-order valence-electron chi connectivity index (χ1n) is 9.30. The van der Waals surface area contributed by atoms with Crippen molar-refractivity contribution in [2.75, 3.05) is 0 Å². The molecule has 0 aromatic heterocycles. The minimum atomic E-state index is 0.170. The summed E-state index contributed by atoms with van der Waals surface area (Å²) in [5.41, 5.74) is 1.63. The molecule has 0 bridgehead atoms. The predicted octanol–water partition coefficient (Wildman–Crippen LogP) is 4.50. The van der Waals surface area contributed by atoms with Crippen LogP contribution in [-0.4, -0.2) is 11.6 Å². The third-order valence-corrected chi connectivity index (χ3v) is 8.01. The van der Waals surface area contributed by atoms with Gasteiger partial charge >= 0.3 is 0 Å². The zero-order valence-electron chi connectivity index (χ0n) is 14.6. The summed E-state index contributed by atoms with van der Waals surface area (Å²) in [6, 6.07) is 0. The molecule has 0 aliphatic heterocycles. The second kappa shape index (κ2) is 4.91. The lowest BCUT2D eigenvalue weighted by Crippen LogP contribution is -2.49. The third-order valence-electron chi connectivity index (χ3n) is 8.01. The Morgan fingerprint density at radius 1 is 1.13 bits per heavy atom. The molecule has 23 heavy (non-hydrogen) atoms. The standard InChI is InChI=1S/C21H28O2/c1-13(22)17-6-7-18-16-5-4-14-12-15(23)8-10-20(14,2)19(16)9-11-21(17,18)3/h4-5,12,16-19H,6-11H2,1-3H3/t16-,17+,18-,19+,20+,21+/m1/s1. The van der Waals surface area contributed by atoms with Gasteiger partial charge < -0.3 is 0 Å². The quantitative estimate of drug-likeness (QED) is 0.714. The van der Waals surface area contributed by atoms with Crippen molar-refractivity contribution >= 4 is 11.6 Å². The van der Waals surface area contributed by atoms with Gasteiger partial charge in [-0.05, 0) is 79.3 Å². The van der Waals surface area contributed by atoms with Gasteiger partial charge in [0.05, 0.1) is 0 Å². The first-order chi connectivity index (χ1) is 10.9. The van der Waals surface area contributed by atoms with E-state index in [2.05, 4.69) is 26.0 Å². The average molecular weight is 312 g/mol. The summed E-state index contributed by atoms with van der Waals surface area (Å²) in [5, 5.41) is 0. The molecule has 0 unspecified atom stereocenters. The van der Waals surface area contributed by atoms with Crippen LogP contribution in [0.1, 0.15) is 59.3 Å². The number of carbonyl (C=O) groups excluding carboxylic acids is 2. The molecule has 2 heteroatoms. The van der Waals surface area contributed by atoms with Crippen LogP contribution in [0, 0.1) is 34.5 Å². The van der Waals surface area contributed by atoms with Gasteiger partial charge in [0, 0.05) is 12.3 Å². The van der Waals surface area contributed by atoms with Crippen molar-refractivity contribution in [3.05, 3.63) is 23.8 Å². The maximum atomic E-state index is 12.1. The molecule has 0 radical (unpaired) electrons. The summed E-state index contributed by atoms with van der Waals surface area (Å²) in [4.78, 5) is 24.0. The first-order valence-corrected chi connectivity index (χ1v) is 9.30. The van der Waals surface area contributed by atoms with E-state index in [0.717, 1.165) is 12.8 Å². The fourth-order valence-corrected chi connectivity index (χ4v) is 6.66. The number of rotatable bonds is 1. The third kappa shape index (κ3) is 1.99. The van der Waals surface area contributed by atoms with Crippen LogP contribution in [0.15, 0.2) is 23.8 Å². The van der Waals surface area contributed by atoms with Crippen molar-refractivity contribution in [1.82, 2.24) is 0 Å². The SMILES string of the molecule is CC(=O)[C@@H]1CC[C@@H]2[C@H]3C=CC4=CC(=O)CC[C@]4(C)[C@H]3CC[C@]21C. The number of Topliss-reactive ketones (excluding diaryl/α,β-unsaturated/α-hetero) is 1. The fourth-order valence-electron chi connectivity index (χ4n) is 6.66. The van der Waals surface area contributed by atoms with Crippen LogP contribution in [-0.2, 0) is 9.59 Å². The Morgan fingerprint density at radius 3 is 2.65 bits per heavy atom. The highest BCUT2D eigenvalue weighted by Gasteiger charge is 2.58. The number of ketones is 2. The van der Waals surface area contributed by atoms with Gasteiger partial charge in [-0.25, -0.2) is 0 Å². The molecule has 0 aromatic carbocycles. The normalized spacial score (nSPS) is 48.3. The monoisotopic (exact) mass is 312 g/mol. The van der Waals surface area contributed by atoms with Crippen molar-refractivity contribution in [3.63, 3.8) is 0 Å². The average Bonchev–Trinajstić information content (AvgIpc) is 2.85. The van der Waals surface area contributed by atoms with Crippen LogP contribution >= 0.6 is 0 Å². The maximum absolute atomic E-state index is 12.1. The molecular formula is C21H28O2. The van der Waals surface area contributed by atoms with Gasteiger partial charge in [-0.15, -0.1) is 0 Å². The summed E-state index contributed by atoms with van der Waals surface area (Å²) in [5.74, 6) is 2.83. The Kier molecular flexibility index (Phi) is 3.28. The van der Waals surface area contributed by atoms with Gasteiger partial charge in [0.2, 0.25) is 0 Å². The first kappa shape index (κ1) is 15.4. The topological polar surface area (TPSA) is 34.1 Å². The summed E-state index contributed by atoms with van der Waals surface area (Å²) in [6.45, 7) is 6.54. The molecule has 0 heterocycles. The molecule has 0 spiro atoms. The van der Waals surface area contributed by atoms with Crippen LogP contribution in [0.5, 0.6) is 0 Å². The smallest absolute Gasteiger partial charge is 0.156 e. The highest BCUT2D eigenvalue weighted by molar-refractivity contribution is 5.92. The van der Waals surface area contributed by atoms with E-state index in [-0.39, 0.29) is 16.7 Å². The van der Waals surface area contributed by atoms with Gasteiger partial charge in [0.25, 0.3) is 0 Å². The van der Waals surface area contributed by atoms with E-state index < -0.39 is 0 Å². The molecule has 2 saturated carbocycles. The van der Waals surface area contributed by atoms with E-state index in [9.17, 15) is 9.59 Å². The lowest BCUT2D eigenvalue weighted by Gasteiger charge is -2.55. The van der Waals surface area contributed by atoms with Crippen molar-refractivity contribution in [2.24, 2.45) is 34.5 Å². The number of fused-ring (bicyclic) bond motifs is 5. The van der Waals surface area contributed by atoms with Crippen molar-refractivity contribution < 1.29 is 9.59 Å². The van der Waals surface area contributed by atoms with E-state index in [1.165, 1.54) is 24.8 Å². The van der Waals surface area contributed by atoms with Crippen LogP contribution in [0.4, 0.5) is 0 Å². The molecule has 124 valence electrons. The predicted molar refractivity (Wildman–Crippen MR) is 90.8 cm³/mol. The molecule has 2 nitrogen and oxygen atoms in total. The Morgan fingerprint density at radius 2 is 1.91 bits per heavy atom. The number of hydrogen-bond acceptors (Lipinski definition) is 2. The Hall–Kier alpha value is -1.18. The number of hydrogen-bond donors (Lipinski definition) is 0. The van der Waals surface area contributed by atoms with Gasteiger partial charge in [-0.1, -0.05) is 26.0 Å². The zero-order chi connectivity index (χ0) is 16.4. The van der Waals surface area contributed by atoms with Crippen molar-refractivity contribution in [1.29, 1.82) is 0 Å². The maximum Gasteiger partial charge on any atom is 0.156 e. The number of carbonyl (C=O) groups is 2. The Bertz CT molecular complexity index is 628. The van der Waals surface area contributed by atoms with E-state index in [4.69, 9.17) is 0 Å². The summed E-state index contributed by atoms with van der Waals surface area (Å²) >= 11 is 0. The molecule has 6 atom stereocenters. The van der Waals surface area contributed by atoms with Crippen molar-refractivity contribution in [2.45, 2.75) is 59.3 Å². The molecule has 0 N–H and O–H groups in total. The van der Waals surface area contributed by atoms with E-state index >= 15 is 0 Å². The van der Waals surface area contributed by atoms with Gasteiger partial charge in [0.1, 0.15) is 5.78 Å². The lowest BCUT2D eigenvalue weighted by atomic mass is 9.48. The van der Waals surface area contributed by atoms with Gasteiger partial charge in [-0.3, -0.25) is 9.59 Å². The molecule has 0 amide bonds. The molecule has 0 saturated heterocycles. The summed E-state index contributed by atoms with van der Waals surface area (Å²) < 4.78 is 0. The van der Waals surface area contributed by atoms with Crippen LogP contribution < -0.4 is 0 Å².